The molecule has 0 aliphatic carbocycles. The van der Waals surface area contributed by atoms with Crippen molar-refractivity contribution in [3.05, 3.63) is 24.3 Å². The van der Waals surface area contributed by atoms with Crippen LogP contribution in [0.2, 0.25) is 0 Å². The summed E-state index contributed by atoms with van der Waals surface area (Å²) in [5.74, 6) is 0.314. The number of unbranched alkanes of at least 4 members (excludes halogenated alkanes) is 9. The molecule has 0 radical (unpaired) electrons. The summed E-state index contributed by atoms with van der Waals surface area (Å²) in [6, 6.07) is 0. The van der Waals surface area contributed by atoms with E-state index in [1.54, 1.807) is 0 Å². The van der Waals surface area contributed by atoms with Crippen molar-refractivity contribution in [2.24, 2.45) is 0 Å². The molecule has 3 heteroatoms. The van der Waals surface area contributed by atoms with Crippen LogP contribution in [0.3, 0.4) is 0 Å². The molecule has 0 spiro atoms. The van der Waals surface area contributed by atoms with Gasteiger partial charge in [0.25, 0.3) is 0 Å². The average molecular weight is 380 g/mol. The largest absolute Gasteiger partial charge is 0.389 e. The smallest absolute Gasteiger partial charge is 0.222 e. The number of hydrogen-bond donors (Lipinski definition) is 1. The van der Waals surface area contributed by atoms with Gasteiger partial charge in [-0.25, -0.2) is 0 Å². The molecule has 1 atom stereocenters. The molecule has 0 aromatic carbocycles. The number of hydrogen-bond acceptors (Lipinski definition) is 2. The van der Waals surface area contributed by atoms with E-state index in [1.807, 2.05) is 30.9 Å². The van der Waals surface area contributed by atoms with Crippen LogP contribution in [-0.4, -0.2) is 35.1 Å². The molecule has 0 aliphatic rings. The molecule has 0 saturated carbocycles. The van der Waals surface area contributed by atoms with Gasteiger partial charge >= 0.3 is 0 Å². The first kappa shape index (κ1) is 25.9. The Bertz CT molecular complexity index is 386. The summed E-state index contributed by atoms with van der Waals surface area (Å²) in [4.78, 5) is 13.8. The first-order valence-electron chi connectivity index (χ1n) is 11.4. The maximum Gasteiger partial charge on any atom is 0.222 e. The van der Waals surface area contributed by atoms with Crippen molar-refractivity contribution in [1.29, 1.82) is 0 Å². The molecule has 1 amide bonds. The topological polar surface area (TPSA) is 40.5 Å². The number of amides is 1. The molecule has 158 valence electrons. The Morgan fingerprint density at radius 2 is 1.48 bits per heavy atom. The van der Waals surface area contributed by atoms with Gasteiger partial charge in [-0.2, -0.15) is 0 Å². The third kappa shape index (κ3) is 16.8. The lowest BCUT2D eigenvalue weighted by atomic mass is 10.1. The molecule has 0 aliphatic heterocycles. The van der Waals surface area contributed by atoms with Gasteiger partial charge in [0.05, 0.1) is 6.10 Å². The zero-order valence-electron chi connectivity index (χ0n) is 18.3. The van der Waals surface area contributed by atoms with Crippen LogP contribution in [0.1, 0.15) is 104 Å². The van der Waals surface area contributed by atoms with Gasteiger partial charge in [-0.1, -0.05) is 82.6 Å². The van der Waals surface area contributed by atoms with Gasteiger partial charge in [-0.3, -0.25) is 4.79 Å². The Kier molecular flexibility index (Phi) is 18.9. The second kappa shape index (κ2) is 19.7. The normalized spacial score (nSPS) is 12.9. The van der Waals surface area contributed by atoms with E-state index in [0.717, 1.165) is 38.8 Å². The lowest BCUT2D eigenvalue weighted by Gasteiger charge is -2.18. The molecular formula is C24H45NO2. The number of rotatable bonds is 18. The summed E-state index contributed by atoms with van der Waals surface area (Å²) in [6.45, 7) is 7.94. The van der Waals surface area contributed by atoms with Crippen LogP contribution in [-0.2, 0) is 4.79 Å². The van der Waals surface area contributed by atoms with Crippen molar-refractivity contribution >= 4 is 5.91 Å². The fourth-order valence-electron chi connectivity index (χ4n) is 3.22. The zero-order valence-corrected chi connectivity index (χ0v) is 18.3. The van der Waals surface area contributed by atoms with Crippen LogP contribution < -0.4 is 0 Å². The minimum absolute atomic E-state index is 0.288. The monoisotopic (exact) mass is 379 g/mol. The molecule has 1 N–H and O–H groups in total. The van der Waals surface area contributed by atoms with Crippen molar-refractivity contribution < 1.29 is 9.90 Å². The van der Waals surface area contributed by atoms with Crippen molar-refractivity contribution in [2.75, 3.05) is 13.1 Å². The minimum Gasteiger partial charge on any atom is -0.389 e. The van der Waals surface area contributed by atoms with E-state index in [-0.39, 0.29) is 6.10 Å². The fourth-order valence-corrected chi connectivity index (χ4v) is 3.22. The van der Waals surface area contributed by atoms with E-state index in [9.17, 15) is 9.90 Å². The number of aliphatic hydroxyl groups is 1. The van der Waals surface area contributed by atoms with Gasteiger partial charge in [0.1, 0.15) is 0 Å². The van der Waals surface area contributed by atoms with Crippen molar-refractivity contribution in [3.63, 3.8) is 0 Å². The van der Waals surface area contributed by atoms with Crippen LogP contribution in [0.15, 0.2) is 24.3 Å². The van der Waals surface area contributed by atoms with Crippen molar-refractivity contribution in [2.45, 2.75) is 110 Å². The summed E-state index contributed by atoms with van der Waals surface area (Å²) < 4.78 is 0. The lowest BCUT2D eigenvalue weighted by molar-refractivity contribution is -0.130. The van der Waals surface area contributed by atoms with Gasteiger partial charge in [0.15, 0.2) is 0 Å². The maximum absolute atomic E-state index is 11.9. The van der Waals surface area contributed by atoms with Crippen LogP contribution in [0.4, 0.5) is 0 Å². The van der Waals surface area contributed by atoms with E-state index in [4.69, 9.17) is 0 Å². The molecule has 0 aromatic heterocycles. The summed E-state index contributed by atoms with van der Waals surface area (Å²) in [5, 5.41) is 9.78. The van der Waals surface area contributed by atoms with Crippen LogP contribution in [0.5, 0.6) is 0 Å². The maximum atomic E-state index is 11.9. The SMILES string of the molecule is CCCCCC(O)/C=C/C=C\CCCCCCCCCC(=O)N(CC)CC. The van der Waals surface area contributed by atoms with Gasteiger partial charge in [0, 0.05) is 19.5 Å². The standard InChI is InChI=1S/C24H45NO2/c1-4-7-17-20-23(26)21-18-15-13-11-9-8-10-12-14-16-19-22-24(27)25(5-2)6-3/h13,15,18,21,23,26H,4-12,14,16-17,19-20,22H2,1-3H3/b15-13-,21-18+. The second-order valence-electron chi connectivity index (χ2n) is 7.46. The predicted octanol–water partition coefficient (Wildman–Crippen LogP) is 6.42. The lowest BCUT2D eigenvalue weighted by Crippen LogP contribution is -2.30. The molecule has 27 heavy (non-hydrogen) atoms. The highest BCUT2D eigenvalue weighted by atomic mass is 16.3. The number of allylic oxidation sites excluding steroid dienone is 3. The van der Waals surface area contributed by atoms with E-state index in [0.29, 0.717) is 12.3 Å². The molecule has 0 heterocycles. The molecule has 1 unspecified atom stereocenters. The first-order valence-corrected chi connectivity index (χ1v) is 11.4. The third-order valence-electron chi connectivity index (χ3n) is 5.06. The molecule has 0 bridgehead atoms. The van der Waals surface area contributed by atoms with Crippen LogP contribution in [0, 0.1) is 0 Å². The molecule has 3 nitrogen and oxygen atoms in total. The highest BCUT2D eigenvalue weighted by Crippen LogP contribution is 2.11. The third-order valence-corrected chi connectivity index (χ3v) is 5.06. The molecule has 0 aromatic rings. The summed E-state index contributed by atoms with van der Waals surface area (Å²) in [6.07, 6.45) is 22.7. The quantitative estimate of drug-likeness (QED) is 0.220. The minimum atomic E-state index is -0.288. The second-order valence-corrected chi connectivity index (χ2v) is 7.46. The van der Waals surface area contributed by atoms with E-state index >= 15 is 0 Å². The average Bonchev–Trinajstić information content (AvgIpc) is 2.66. The number of carbonyl (C=O) groups excluding carboxylic acids is 1. The molecular weight excluding hydrogens is 334 g/mol. The number of nitrogens with zero attached hydrogens (tertiary/aromatic N) is 1. The molecule has 0 fully saturated rings. The summed E-state index contributed by atoms with van der Waals surface area (Å²) >= 11 is 0. The van der Waals surface area contributed by atoms with Crippen molar-refractivity contribution in [3.8, 4) is 0 Å². The molecule has 0 saturated heterocycles. The first-order chi connectivity index (χ1) is 13.2. The Hall–Kier alpha value is -1.09. The fraction of sp³-hybridized carbons (Fsp3) is 0.792. The summed E-state index contributed by atoms with van der Waals surface area (Å²) in [5.41, 5.74) is 0. The number of carbonyl (C=O) groups is 1. The van der Waals surface area contributed by atoms with Gasteiger partial charge in [-0.15, -0.1) is 0 Å². The number of aliphatic hydroxyl groups excluding tert-OH is 1. The molecule has 0 rings (SSSR count). The van der Waals surface area contributed by atoms with E-state index in [2.05, 4.69) is 19.1 Å². The van der Waals surface area contributed by atoms with Gasteiger partial charge in [0.2, 0.25) is 5.91 Å². The van der Waals surface area contributed by atoms with E-state index in [1.165, 1.54) is 51.4 Å². The van der Waals surface area contributed by atoms with Crippen molar-refractivity contribution in [1.82, 2.24) is 4.90 Å². The predicted molar refractivity (Wildman–Crippen MR) is 118 cm³/mol. The highest BCUT2D eigenvalue weighted by molar-refractivity contribution is 5.75. The zero-order chi connectivity index (χ0) is 20.2. The van der Waals surface area contributed by atoms with Gasteiger partial charge in [-0.05, 0) is 39.5 Å². The van der Waals surface area contributed by atoms with E-state index < -0.39 is 0 Å². The Labute approximate surface area is 168 Å². The van der Waals surface area contributed by atoms with Gasteiger partial charge < -0.3 is 10.0 Å². The van der Waals surface area contributed by atoms with Crippen LogP contribution >= 0.6 is 0 Å². The summed E-state index contributed by atoms with van der Waals surface area (Å²) in [7, 11) is 0. The van der Waals surface area contributed by atoms with Crippen LogP contribution in [0.25, 0.3) is 0 Å². The Balaban J connectivity index is 3.43. The Morgan fingerprint density at radius 1 is 0.852 bits per heavy atom. The highest BCUT2D eigenvalue weighted by Gasteiger charge is 2.07. The Morgan fingerprint density at radius 3 is 2.11 bits per heavy atom.